The van der Waals surface area contributed by atoms with E-state index in [9.17, 15) is 0 Å². The highest BCUT2D eigenvalue weighted by Gasteiger charge is 2.34. The fourth-order valence-corrected chi connectivity index (χ4v) is 3.20. The lowest BCUT2D eigenvalue weighted by Crippen LogP contribution is -2.41. The van der Waals surface area contributed by atoms with E-state index in [0.717, 1.165) is 4.43 Å². The Morgan fingerprint density at radius 2 is 1.57 bits per heavy atom. The SMILES string of the molecule is CC(C)(C)OC1(CI)CCCCCC1. The second kappa shape index (κ2) is 5.15. The summed E-state index contributed by atoms with van der Waals surface area (Å²) in [6.07, 6.45) is 8.00. The van der Waals surface area contributed by atoms with Crippen LogP contribution in [0.3, 0.4) is 0 Å². The standard InChI is InChI=1S/C12H23IO/c1-11(2,3)14-12(10-13)8-6-4-5-7-9-12/h4-10H2,1-3H3. The van der Waals surface area contributed by atoms with Crippen LogP contribution in [0, 0.1) is 0 Å². The molecule has 2 heteroatoms. The van der Waals surface area contributed by atoms with Crippen LogP contribution in [-0.2, 0) is 4.74 Å². The van der Waals surface area contributed by atoms with Gasteiger partial charge in [0.05, 0.1) is 11.2 Å². The van der Waals surface area contributed by atoms with Crippen molar-refractivity contribution >= 4 is 22.6 Å². The van der Waals surface area contributed by atoms with Gasteiger partial charge in [-0.3, -0.25) is 0 Å². The van der Waals surface area contributed by atoms with Crippen LogP contribution in [0.1, 0.15) is 59.3 Å². The third-order valence-electron chi connectivity index (χ3n) is 2.78. The maximum atomic E-state index is 6.29. The minimum atomic E-state index is 0.00944. The molecule has 1 saturated carbocycles. The Morgan fingerprint density at radius 1 is 1.07 bits per heavy atom. The molecule has 0 saturated heterocycles. The second-order valence-electron chi connectivity index (χ2n) is 5.45. The van der Waals surface area contributed by atoms with Gasteiger partial charge in [-0.1, -0.05) is 48.3 Å². The van der Waals surface area contributed by atoms with E-state index in [-0.39, 0.29) is 11.2 Å². The summed E-state index contributed by atoms with van der Waals surface area (Å²) in [4.78, 5) is 0. The first-order valence-electron chi connectivity index (χ1n) is 5.74. The Labute approximate surface area is 102 Å². The van der Waals surface area contributed by atoms with Crippen molar-refractivity contribution in [2.75, 3.05) is 4.43 Å². The van der Waals surface area contributed by atoms with E-state index in [0.29, 0.717) is 0 Å². The first-order chi connectivity index (χ1) is 6.47. The molecule has 1 fully saturated rings. The van der Waals surface area contributed by atoms with E-state index in [2.05, 4.69) is 43.4 Å². The van der Waals surface area contributed by atoms with Gasteiger partial charge in [0.2, 0.25) is 0 Å². The van der Waals surface area contributed by atoms with Gasteiger partial charge in [-0.25, -0.2) is 0 Å². The largest absolute Gasteiger partial charge is 0.369 e. The number of hydrogen-bond donors (Lipinski definition) is 0. The molecule has 1 nitrogen and oxygen atoms in total. The summed E-state index contributed by atoms with van der Waals surface area (Å²) in [7, 11) is 0. The van der Waals surface area contributed by atoms with Gasteiger partial charge in [0.25, 0.3) is 0 Å². The fourth-order valence-electron chi connectivity index (χ4n) is 2.29. The van der Waals surface area contributed by atoms with Gasteiger partial charge in [-0.15, -0.1) is 0 Å². The van der Waals surface area contributed by atoms with Crippen molar-refractivity contribution in [3.63, 3.8) is 0 Å². The molecule has 1 aliphatic carbocycles. The second-order valence-corrected chi connectivity index (χ2v) is 6.21. The Hall–Kier alpha value is 0.690. The lowest BCUT2D eigenvalue weighted by atomic mass is 9.95. The molecule has 0 amide bonds. The fraction of sp³-hybridized carbons (Fsp3) is 1.00. The molecule has 84 valence electrons. The highest BCUT2D eigenvalue weighted by atomic mass is 127. The molecule has 14 heavy (non-hydrogen) atoms. The highest BCUT2D eigenvalue weighted by Crippen LogP contribution is 2.35. The van der Waals surface area contributed by atoms with Gasteiger partial charge < -0.3 is 4.74 Å². The van der Waals surface area contributed by atoms with Crippen LogP contribution in [0.4, 0.5) is 0 Å². The van der Waals surface area contributed by atoms with Gasteiger partial charge in [-0.05, 0) is 33.6 Å². The summed E-state index contributed by atoms with van der Waals surface area (Å²) in [5.74, 6) is 0. The van der Waals surface area contributed by atoms with Gasteiger partial charge in [0.15, 0.2) is 0 Å². The van der Waals surface area contributed by atoms with Crippen LogP contribution in [0.15, 0.2) is 0 Å². The lowest BCUT2D eigenvalue weighted by molar-refractivity contribution is -0.124. The molecule has 0 heterocycles. The molecule has 1 rings (SSSR count). The van der Waals surface area contributed by atoms with Gasteiger partial charge in [-0.2, -0.15) is 0 Å². The zero-order valence-electron chi connectivity index (χ0n) is 9.74. The van der Waals surface area contributed by atoms with Crippen molar-refractivity contribution in [2.45, 2.75) is 70.5 Å². The maximum Gasteiger partial charge on any atom is 0.0778 e. The van der Waals surface area contributed by atoms with E-state index < -0.39 is 0 Å². The minimum Gasteiger partial charge on any atom is -0.369 e. The van der Waals surface area contributed by atoms with Crippen molar-refractivity contribution in [3.8, 4) is 0 Å². The first kappa shape index (κ1) is 12.8. The van der Waals surface area contributed by atoms with E-state index in [1.54, 1.807) is 0 Å². The van der Waals surface area contributed by atoms with E-state index in [1.807, 2.05) is 0 Å². The quantitative estimate of drug-likeness (QED) is 0.419. The summed E-state index contributed by atoms with van der Waals surface area (Å²) in [5, 5.41) is 0. The average molecular weight is 310 g/mol. The molecular weight excluding hydrogens is 287 g/mol. The van der Waals surface area contributed by atoms with Crippen LogP contribution in [0.2, 0.25) is 0 Å². The first-order valence-corrected chi connectivity index (χ1v) is 7.26. The molecule has 0 N–H and O–H groups in total. The number of alkyl halides is 1. The van der Waals surface area contributed by atoms with E-state index in [4.69, 9.17) is 4.74 Å². The average Bonchev–Trinajstić information content (AvgIpc) is 2.28. The van der Waals surface area contributed by atoms with Crippen molar-refractivity contribution in [3.05, 3.63) is 0 Å². The zero-order valence-corrected chi connectivity index (χ0v) is 11.9. The monoisotopic (exact) mass is 310 g/mol. The molecular formula is C12H23IO. The van der Waals surface area contributed by atoms with E-state index in [1.165, 1.54) is 38.5 Å². The van der Waals surface area contributed by atoms with Crippen molar-refractivity contribution < 1.29 is 4.74 Å². The Kier molecular flexibility index (Phi) is 4.69. The molecule has 0 aromatic heterocycles. The number of rotatable bonds is 2. The maximum absolute atomic E-state index is 6.29. The van der Waals surface area contributed by atoms with Crippen molar-refractivity contribution in [1.82, 2.24) is 0 Å². The Bertz CT molecular complexity index is 164. The molecule has 0 spiro atoms. The summed E-state index contributed by atoms with van der Waals surface area (Å²) >= 11 is 2.49. The summed E-state index contributed by atoms with van der Waals surface area (Å²) in [6, 6.07) is 0. The van der Waals surface area contributed by atoms with Crippen molar-refractivity contribution in [2.24, 2.45) is 0 Å². The highest BCUT2D eigenvalue weighted by molar-refractivity contribution is 14.1. The lowest BCUT2D eigenvalue weighted by Gasteiger charge is -2.38. The number of halogens is 1. The predicted molar refractivity (Wildman–Crippen MR) is 70.2 cm³/mol. The van der Waals surface area contributed by atoms with Crippen LogP contribution in [0.5, 0.6) is 0 Å². The molecule has 0 aliphatic heterocycles. The molecule has 0 radical (unpaired) electrons. The normalized spacial score (nSPS) is 23.1. The molecule has 0 unspecified atom stereocenters. The molecule has 1 aliphatic rings. The molecule has 0 aromatic carbocycles. The smallest absolute Gasteiger partial charge is 0.0778 e. The zero-order chi connectivity index (χ0) is 10.7. The van der Waals surface area contributed by atoms with Crippen molar-refractivity contribution in [1.29, 1.82) is 0 Å². The molecule has 0 aromatic rings. The summed E-state index contributed by atoms with van der Waals surface area (Å²) < 4.78 is 7.43. The van der Waals surface area contributed by atoms with Gasteiger partial charge >= 0.3 is 0 Å². The summed E-state index contributed by atoms with van der Waals surface area (Å²) in [5.41, 5.74) is 0.185. The third kappa shape index (κ3) is 4.05. The van der Waals surface area contributed by atoms with E-state index >= 15 is 0 Å². The molecule has 0 bridgehead atoms. The topological polar surface area (TPSA) is 9.23 Å². The van der Waals surface area contributed by atoms with Crippen LogP contribution >= 0.6 is 22.6 Å². The predicted octanol–water partition coefficient (Wildman–Crippen LogP) is 4.33. The minimum absolute atomic E-state index is 0.00944. The Morgan fingerprint density at radius 3 is 1.93 bits per heavy atom. The number of ether oxygens (including phenoxy) is 1. The summed E-state index contributed by atoms with van der Waals surface area (Å²) in [6.45, 7) is 6.52. The van der Waals surface area contributed by atoms with Crippen LogP contribution in [-0.4, -0.2) is 15.6 Å². The molecule has 0 atom stereocenters. The number of hydrogen-bond acceptors (Lipinski definition) is 1. The Balaban J connectivity index is 2.63. The van der Waals surface area contributed by atoms with Gasteiger partial charge in [0, 0.05) is 4.43 Å². The van der Waals surface area contributed by atoms with Crippen LogP contribution < -0.4 is 0 Å². The van der Waals surface area contributed by atoms with Gasteiger partial charge in [0.1, 0.15) is 0 Å². The third-order valence-corrected chi connectivity index (χ3v) is 4.17. The van der Waals surface area contributed by atoms with Crippen LogP contribution in [0.25, 0.3) is 0 Å².